The first-order valence-corrected chi connectivity index (χ1v) is 5.07. The number of nitrogens with one attached hydrogen (secondary N) is 1. The summed E-state index contributed by atoms with van der Waals surface area (Å²) in [5, 5.41) is 4.84. The average Bonchev–Trinajstić information content (AvgIpc) is 2.30. The second kappa shape index (κ2) is 4.57. The van der Waals surface area contributed by atoms with E-state index in [9.17, 15) is 4.79 Å². The number of allylic oxidation sites excluding steroid dienone is 1. The molecule has 1 aromatic heterocycles. The lowest BCUT2D eigenvalue weighted by atomic mass is 10.1. The number of hydrogen-bond donors (Lipinski definition) is 1. The number of carbonyl (C=O) groups excluding carboxylic acids is 1. The minimum atomic E-state index is -0.119. The third kappa shape index (κ3) is 2.08. The topological polar surface area (TPSA) is 42.0 Å². The molecule has 3 heteroatoms. The summed E-state index contributed by atoms with van der Waals surface area (Å²) < 4.78 is 0. The van der Waals surface area contributed by atoms with Crippen molar-refractivity contribution in [2.75, 3.05) is 5.32 Å². The highest BCUT2D eigenvalue weighted by Crippen LogP contribution is 2.21. The van der Waals surface area contributed by atoms with Gasteiger partial charge in [0, 0.05) is 28.9 Å². The molecule has 0 unspecified atom stereocenters. The standard InChI is InChI=1S/C13H12N2O/c1-2-4-13(16)15-12-6-3-5-10-9-14-8-7-11(10)12/h2-9H,1H3,(H,15,16). The van der Waals surface area contributed by atoms with Gasteiger partial charge in [-0.05, 0) is 25.1 Å². The van der Waals surface area contributed by atoms with Gasteiger partial charge in [-0.2, -0.15) is 0 Å². The Morgan fingerprint density at radius 3 is 3.06 bits per heavy atom. The molecule has 0 spiro atoms. The molecule has 0 radical (unpaired) electrons. The van der Waals surface area contributed by atoms with E-state index < -0.39 is 0 Å². The number of nitrogens with zero attached hydrogens (tertiary/aromatic N) is 1. The van der Waals surface area contributed by atoms with Gasteiger partial charge in [-0.15, -0.1) is 0 Å². The van der Waals surface area contributed by atoms with Gasteiger partial charge in [-0.25, -0.2) is 0 Å². The van der Waals surface area contributed by atoms with Gasteiger partial charge in [0.1, 0.15) is 0 Å². The Morgan fingerprint density at radius 2 is 2.25 bits per heavy atom. The van der Waals surface area contributed by atoms with E-state index in [4.69, 9.17) is 0 Å². The van der Waals surface area contributed by atoms with E-state index in [1.165, 1.54) is 6.08 Å². The number of amides is 1. The first-order chi connectivity index (χ1) is 7.81. The summed E-state index contributed by atoms with van der Waals surface area (Å²) in [5.74, 6) is -0.119. The molecule has 1 N–H and O–H groups in total. The van der Waals surface area contributed by atoms with Crippen LogP contribution in [0.4, 0.5) is 5.69 Å². The van der Waals surface area contributed by atoms with Crippen LogP contribution in [0.1, 0.15) is 6.92 Å². The first-order valence-electron chi connectivity index (χ1n) is 5.07. The Bertz CT molecular complexity index is 541. The first kappa shape index (κ1) is 10.4. The van der Waals surface area contributed by atoms with Crippen molar-refractivity contribution >= 4 is 22.4 Å². The van der Waals surface area contributed by atoms with Crippen molar-refractivity contribution in [3.8, 4) is 0 Å². The fourth-order valence-electron chi connectivity index (χ4n) is 1.56. The van der Waals surface area contributed by atoms with Crippen LogP contribution in [0.15, 0.2) is 48.8 Å². The van der Waals surface area contributed by atoms with Gasteiger partial charge < -0.3 is 5.32 Å². The van der Waals surface area contributed by atoms with Crippen molar-refractivity contribution < 1.29 is 4.79 Å². The molecule has 1 aromatic carbocycles. The Balaban J connectivity index is 2.41. The van der Waals surface area contributed by atoms with Crippen molar-refractivity contribution in [2.45, 2.75) is 6.92 Å². The number of carbonyl (C=O) groups is 1. The molecule has 3 nitrogen and oxygen atoms in total. The fraction of sp³-hybridized carbons (Fsp3) is 0.0769. The highest BCUT2D eigenvalue weighted by Gasteiger charge is 2.02. The molecule has 16 heavy (non-hydrogen) atoms. The molecule has 2 rings (SSSR count). The summed E-state index contributed by atoms with van der Waals surface area (Å²) in [6.07, 6.45) is 6.70. The van der Waals surface area contributed by atoms with Gasteiger partial charge >= 0.3 is 0 Å². The molecule has 0 saturated heterocycles. The van der Waals surface area contributed by atoms with Crippen molar-refractivity contribution in [1.82, 2.24) is 4.98 Å². The molecule has 0 aliphatic rings. The molecule has 2 aromatic rings. The number of fused-ring (bicyclic) bond motifs is 1. The SMILES string of the molecule is CC=CC(=O)Nc1cccc2cnccc12. The third-order valence-electron chi connectivity index (χ3n) is 2.26. The van der Waals surface area contributed by atoms with Crippen molar-refractivity contribution in [2.24, 2.45) is 0 Å². The van der Waals surface area contributed by atoms with Crippen LogP contribution in [-0.4, -0.2) is 10.9 Å². The second-order valence-corrected chi connectivity index (χ2v) is 3.39. The summed E-state index contributed by atoms with van der Waals surface area (Å²) in [6.45, 7) is 1.81. The average molecular weight is 212 g/mol. The highest BCUT2D eigenvalue weighted by molar-refractivity contribution is 6.05. The summed E-state index contributed by atoms with van der Waals surface area (Å²) in [7, 11) is 0. The number of pyridine rings is 1. The van der Waals surface area contributed by atoms with E-state index >= 15 is 0 Å². The van der Waals surface area contributed by atoms with E-state index in [2.05, 4.69) is 10.3 Å². The van der Waals surface area contributed by atoms with Crippen LogP contribution in [0.5, 0.6) is 0 Å². The Kier molecular flexibility index (Phi) is 2.96. The predicted molar refractivity (Wildman–Crippen MR) is 65.2 cm³/mol. The van der Waals surface area contributed by atoms with E-state index in [1.54, 1.807) is 18.5 Å². The molecule has 0 aliphatic carbocycles. The molecule has 1 heterocycles. The maximum Gasteiger partial charge on any atom is 0.248 e. The van der Waals surface area contributed by atoms with E-state index in [-0.39, 0.29) is 5.91 Å². The monoisotopic (exact) mass is 212 g/mol. The van der Waals surface area contributed by atoms with Crippen LogP contribution >= 0.6 is 0 Å². The molecular weight excluding hydrogens is 200 g/mol. The van der Waals surface area contributed by atoms with Gasteiger partial charge in [0.2, 0.25) is 5.91 Å². The van der Waals surface area contributed by atoms with E-state index in [1.807, 2.05) is 31.2 Å². The largest absolute Gasteiger partial charge is 0.322 e. The highest BCUT2D eigenvalue weighted by atomic mass is 16.1. The number of anilines is 1. The third-order valence-corrected chi connectivity index (χ3v) is 2.26. The molecule has 0 saturated carbocycles. The zero-order chi connectivity index (χ0) is 11.4. The van der Waals surface area contributed by atoms with E-state index in [0.29, 0.717) is 0 Å². The van der Waals surface area contributed by atoms with Crippen molar-refractivity contribution in [3.05, 3.63) is 48.8 Å². The molecule has 0 atom stereocenters. The smallest absolute Gasteiger partial charge is 0.248 e. The van der Waals surface area contributed by atoms with Gasteiger partial charge in [0.25, 0.3) is 0 Å². The minimum absolute atomic E-state index is 0.119. The van der Waals surface area contributed by atoms with Gasteiger partial charge in [0.15, 0.2) is 0 Å². The summed E-state index contributed by atoms with van der Waals surface area (Å²) in [5.41, 5.74) is 0.808. The number of aromatic nitrogens is 1. The molecule has 1 amide bonds. The Hall–Kier alpha value is -2.16. The zero-order valence-corrected chi connectivity index (χ0v) is 8.97. The van der Waals surface area contributed by atoms with Crippen LogP contribution in [0, 0.1) is 0 Å². The quantitative estimate of drug-likeness (QED) is 0.778. The zero-order valence-electron chi connectivity index (χ0n) is 8.97. The number of rotatable bonds is 2. The Morgan fingerprint density at radius 1 is 1.38 bits per heavy atom. The van der Waals surface area contributed by atoms with Crippen molar-refractivity contribution in [1.29, 1.82) is 0 Å². The summed E-state index contributed by atoms with van der Waals surface area (Å²) >= 11 is 0. The second-order valence-electron chi connectivity index (χ2n) is 3.39. The lowest BCUT2D eigenvalue weighted by Crippen LogP contribution is -2.07. The number of hydrogen-bond acceptors (Lipinski definition) is 2. The maximum atomic E-state index is 11.4. The number of benzene rings is 1. The molecule has 0 fully saturated rings. The van der Waals surface area contributed by atoms with Crippen LogP contribution < -0.4 is 5.32 Å². The lowest BCUT2D eigenvalue weighted by Gasteiger charge is -2.06. The molecule has 0 bridgehead atoms. The summed E-state index contributed by atoms with van der Waals surface area (Å²) in [4.78, 5) is 15.5. The molecule has 80 valence electrons. The molecular formula is C13H12N2O. The maximum absolute atomic E-state index is 11.4. The molecule has 0 aliphatic heterocycles. The van der Waals surface area contributed by atoms with Crippen LogP contribution in [-0.2, 0) is 4.79 Å². The normalized spacial score (nSPS) is 10.8. The lowest BCUT2D eigenvalue weighted by molar-refractivity contribution is -0.111. The van der Waals surface area contributed by atoms with Crippen LogP contribution in [0.2, 0.25) is 0 Å². The Labute approximate surface area is 93.8 Å². The van der Waals surface area contributed by atoms with Crippen LogP contribution in [0.25, 0.3) is 10.8 Å². The predicted octanol–water partition coefficient (Wildman–Crippen LogP) is 2.75. The summed E-state index contributed by atoms with van der Waals surface area (Å²) in [6, 6.07) is 7.63. The fourth-order valence-corrected chi connectivity index (χ4v) is 1.56. The van der Waals surface area contributed by atoms with Crippen molar-refractivity contribution in [3.63, 3.8) is 0 Å². The van der Waals surface area contributed by atoms with Crippen LogP contribution in [0.3, 0.4) is 0 Å². The van der Waals surface area contributed by atoms with Gasteiger partial charge in [-0.3, -0.25) is 9.78 Å². The van der Waals surface area contributed by atoms with Gasteiger partial charge in [0.05, 0.1) is 0 Å². The minimum Gasteiger partial charge on any atom is -0.322 e. The van der Waals surface area contributed by atoms with E-state index in [0.717, 1.165) is 16.5 Å². The van der Waals surface area contributed by atoms with Gasteiger partial charge in [-0.1, -0.05) is 18.2 Å².